The van der Waals surface area contributed by atoms with Crippen molar-refractivity contribution >= 4 is 29.5 Å². The van der Waals surface area contributed by atoms with E-state index in [2.05, 4.69) is 0 Å². The van der Waals surface area contributed by atoms with Crippen LogP contribution in [0, 0.1) is 3.91 Å². The van der Waals surface area contributed by atoms with Gasteiger partial charge in [0.25, 0.3) is 0 Å². The second kappa shape index (κ2) is 12.7. The quantitative estimate of drug-likeness (QED) is 0.182. The first-order valence-corrected chi connectivity index (χ1v) is 16.8. The largest absolute Gasteiger partial charge is 0.416 e. The standard InChI is InChI=1S/C25H9F18O6S3/c26-20(27,28)10-1-11(21(29,30)31)5-16(4-10)50(44,45)19(51(46,47)17-6-12(22(32,33)34)2-13(7-17)23(35,36)37)52(48,49)18-8-14(24(38,39)40)3-15(9-18)25(41,42)43/h1-9H/q-1. The maximum Gasteiger partial charge on any atom is 0.416 e. The van der Waals surface area contributed by atoms with E-state index < -0.39 is 173 Å². The lowest BCUT2D eigenvalue weighted by atomic mass is 10.1. The van der Waals surface area contributed by atoms with Crippen molar-refractivity contribution < 1.29 is 104 Å². The Balaban J connectivity index is 2.67. The predicted octanol–water partition coefficient (Wildman–Crippen LogP) is 8.97. The van der Waals surface area contributed by atoms with Crippen LogP contribution in [0.4, 0.5) is 79.0 Å². The molecular weight excluding hydrogens is 834 g/mol. The van der Waals surface area contributed by atoms with E-state index >= 15 is 0 Å². The number of hydrogen-bond acceptors (Lipinski definition) is 6. The van der Waals surface area contributed by atoms with E-state index in [4.69, 9.17) is 0 Å². The van der Waals surface area contributed by atoms with Crippen molar-refractivity contribution in [2.24, 2.45) is 0 Å². The highest BCUT2D eigenvalue weighted by Crippen LogP contribution is 2.47. The molecular formula is C25H9F18O6S3-. The van der Waals surface area contributed by atoms with E-state index in [9.17, 15) is 104 Å². The van der Waals surface area contributed by atoms with Crippen LogP contribution in [0.25, 0.3) is 0 Å². The zero-order chi connectivity index (χ0) is 40.6. The first-order chi connectivity index (χ1) is 22.8. The van der Waals surface area contributed by atoms with Crippen molar-refractivity contribution in [3.05, 3.63) is 91.9 Å². The van der Waals surface area contributed by atoms with Gasteiger partial charge in [0, 0.05) is 14.7 Å². The Morgan fingerprint density at radius 1 is 0.288 bits per heavy atom. The highest BCUT2D eigenvalue weighted by atomic mass is 32.3. The number of rotatable bonds is 6. The van der Waals surface area contributed by atoms with Gasteiger partial charge < -0.3 is 0 Å². The predicted molar refractivity (Wildman–Crippen MR) is 134 cm³/mol. The molecule has 0 radical (unpaired) electrons. The molecule has 0 amide bonds. The van der Waals surface area contributed by atoms with Gasteiger partial charge in [0.15, 0.2) is 0 Å². The maximum atomic E-state index is 13.6. The van der Waals surface area contributed by atoms with Crippen LogP contribution >= 0.6 is 0 Å². The molecule has 0 aliphatic heterocycles. The third-order valence-electron chi connectivity index (χ3n) is 6.27. The topological polar surface area (TPSA) is 102 Å². The molecule has 290 valence electrons. The molecule has 3 rings (SSSR count). The van der Waals surface area contributed by atoms with E-state index in [0.29, 0.717) is 0 Å². The molecule has 0 N–H and O–H groups in total. The number of benzene rings is 3. The average molecular weight is 844 g/mol. The summed E-state index contributed by atoms with van der Waals surface area (Å²) in [6, 6.07) is -8.05. The molecule has 0 fully saturated rings. The van der Waals surface area contributed by atoms with E-state index in [0.717, 1.165) is 0 Å². The monoisotopic (exact) mass is 843 g/mol. The van der Waals surface area contributed by atoms with Crippen LogP contribution in [0.5, 0.6) is 0 Å². The molecule has 3 aromatic carbocycles. The van der Waals surface area contributed by atoms with Crippen LogP contribution in [0.1, 0.15) is 33.4 Å². The molecule has 0 aliphatic carbocycles. The Kier molecular flexibility index (Phi) is 10.4. The second-order valence-corrected chi connectivity index (χ2v) is 16.4. The molecule has 3 aromatic rings. The lowest BCUT2D eigenvalue weighted by molar-refractivity contribution is -0.145. The molecule has 6 nitrogen and oxygen atoms in total. The normalized spacial score (nSPS) is 14.6. The van der Waals surface area contributed by atoms with Crippen molar-refractivity contribution in [3.8, 4) is 0 Å². The summed E-state index contributed by atoms with van der Waals surface area (Å²) >= 11 is 0. The Labute approximate surface area is 277 Å². The van der Waals surface area contributed by atoms with Gasteiger partial charge >= 0.3 is 37.1 Å². The minimum absolute atomic E-state index is 0.841. The van der Waals surface area contributed by atoms with Crippen molar-refractivity contribution in [1.82, 2.24) is 0 Å². The number of sulfone groups is 3. The summed E-state index contributed by atoms with van der Waals surface area (Å²) in [4.78, 5) is -8.12. The van der Waals surface area contributed by atoms with Crippen LogP contribution in [0.3, 0.4) is 0 Å². The maximum absolute atomic E-state index is 13.6. The van der Waals surface area contributed by atoms with E-state index in [1.165, 1.54) is 0 Å². The number of alkyl halides is 18. The van der Waals surface area contributed by atoms with Gasteiger partial charge in [-0.05, 0) is 54.6 Å². The summed E-state index contributed by atoms with van der Waals surface area (Å²) in [6.45, 7) is 0. The average Bonchev–Trinajstić information content (AvgIpc) is 2.93. The van der Waals surface area contributed by atoms with E-state index in [1.54, 1.807) is 0 Å². The molecule has 0 bridgehead atoms. The van der Waals surface area contributed by atoms with Crippen LogP contribution < -0.4 is 0 Å². The smallest absolute Gasteiger partial charge is 0.255 e. The van der Waals surface area contributed by atoms with Gasteiger partial charge in [-0.25, -0.2) is 0 Å². The molecule has 0 aromatic heterocycles. The Hall–Kier alpha value is -3.75. The molecule has 0 unspecified atom stereocenters. The fourth-order valence-electron chi connectivity index (χ4n) is 3.97. The van der Waals surface area contributed by atoms with Crippen molar-refractivity contribution in [3.63, 3.8) is 0 Å². The Bertz CT molecular complexity index is 1860. The van der Waals surface area contributed by atoms with Crippen molar-refractivity contribution in [2.45, 2.75) is 51.7 Å². The summed E-state index contributed by atoms with van der Waals surface area (Å²) in [6.07, 6.45) is -36.2. The van der Waals surface area contributed by atoms with Gasteiger partial charge in [-0.2, -0.15) is 79.0 Å². The summed E-state index contributed by atoms with van der Waals surface area (Å²) in [5.41, 5.74) is -16.0. The fraction of sp³-hybridized carbons (Fsp3) is 0.240. The third kappa shape index (κ3) is 8.71. The highest BCUT2D eigenvalue weighted by molar-refractivity contribution is 8.29. The van der Waals surface area contributed by atoms with Crippen LogP contribution in [-0.4, -0.2) is 25.3 Å². The fourth-order valence-corrected chi connectivity index (χ4v) is 11.4. The van der Waals surface area contributed by atoms with Crippen LogP contribution in [-0.2, 0) is 66.6 Å². The minimum atomic E-state index is -7.36. The molecule has 27 heteroatoms. The lowest BCUT2D eigenvalue weighted by Crippen LogP contribution is -2.32. The first-order valence-electron chi connectivity index (χ1n) is 12.3. The zero-order valence-corrected chi connectivity index (χ0v) is 26.1. The van der Waals surface area contributed by atoms with E-state index in [1.807, 2.05) is 0 Å². The van der Waals surface area contributed by atoms with Gasteiger partial charge in [-0.1, -0.05) is 0 Å². The van der Waals surface area contributed by atoms with Crippen LogP contribution in [0.15, 0.2) is 69.3 Å². The number of halogens is 18. The molecule has 0 aliphatic rings. The second-order valence-electron chi connectivity index (χ2n) is 9.99. The highest BCUT2D eigenvalue weighted by Gasteiger charge is 2.46. The van der Waals surface area contributed by atoms with Crippen molar-refractivity contribution in [1.29, 1.82) is 0 Å². The molecule has 0 heterocycles. The Morgan fingerprint density at radius 2 is 0.423 bits per heavy atom. The number of hydrogen-bond donors (Lipinski definition) is 0. The van der Waals surface area contributed by atoms with Gasteiger partial charge in [0.1, 0.15) is 0 Å². The SMILES string of the molecule is O=S(=O)(c1cc(C(F)(F)F)cc(C(F)(F)F)c1)[C-](S(=O)(=O)c1cc(C(F)(F)F)cc(C(F)(F)F)c1)S(=O)(=O)c1cc(C(F)(F)F)cc(C(F)(F)F)c1. The summed E-state index contributed by atoms with van der Waals surface area (Å²) in [5.74, 6) is 0. The lowest BCUT2D eigenvalue weighted by Gasteiger charge is -2.31. The van der Waals surface area contributed by atoms with Crippen molar-refractivity contribution in [2.75, 3.05) is 0 Å². The molecule has 52 heavy (non-hydrogen) atoms. The first kappa shape index (κ1) is 42.7. The minimum Gasteiger partial charge on any atom is -0.255 e. The van der Waals surface area contributed by atoms with E-state index in [-0.39, 0.29) is 0 Å². The summed E-state index contributed by atoms with van der Waals surface area (Å²) < 4.78 is 321. The zero-order valence-electron chi connectivity index (χ0n) is 23.7. The summed E-state index contributed by atoms with van der Waals surface area (Å²) in [5, 5.41) is 0. The van der Waals surface area contributed by atoms with Crippen LogP contribution in [0.2, 0.25) is 0 Å². The Morgan fingerprint density at radius 3 is 0.538 bits per heavy atom. The van der Waals surface area contributed by atoms with Gasteiger partial charge in [-0.3, -0.25) is 25.3 Å². The third-order valence-corrected chi connectivity index (χ3v) is 14.1. The molecule has 0 atom stereocenters. The molecule has 0 saturated carbocycles. The molecule has 0 spiro atoms. The summed E-state index contributed by atoms with van der Waals surface area (Å²) in [7, 11) is -22.1. The van der Waals surface area contributed by atoms with Gasteiger partial charge in [-0.15, -0.1) is 0 Å². The molecule has 0 saturated heterocycles. The van der Waals surface area contributed by atoms with Gasteiger partial charge in [0.2, 0.25) is 0 Å². The van der Waals surface area contributed by atoms with Gasteiger partial charge in [0.05, 0.1) is 66.8 Å².